The summed E-state index contributed by atoms with van der Waals surface area (Å²) in [5, 5.41) is 28.8. The molecule has 0 saturated carbocycles. The van der Waals surface area contributed by atoms with E-state index in [4.69, 9.17) is 10.00 Å². The molecule has 10 heteroatoms. The fourth-order valence-corrected chi connectivity index (χ4v) is 5.07. The van der Waals surface area contributed by atoms with Gasteiger partial charge in [-0.05, 0) is 25.1 Å². The number of imide groups is 1. The first kappa shape index (κ1) is 19.8. The summed E-state index contributed by atoms with van der Waals surface area (Å²) in [6.45, 7) is 1.15. The summed E-state index contributed by atoms with van der Waals surface area (Å²) < 4.78 is 45.8. The number of anilines is 1. The normalized spacial score (nSPS) is 35.9. The minimum Gasteiger partial charge on any atom is -0.396 e. The molecule has 1 aromatic carbocycles. The van der Waals surface area contributed by atoms with Crippen LogP contribution in [0.15, 0.2) is 18.2 Å². The number of halogens is 3. The van der Waals surface area contributed by atoms with Gasteiger partial charge in [0.2, 0.25) is 11.8 Å². The third kappa shape index (κ3) is 2.48. The van der Waals surface area contributed by atoms with Gasteiger partial charge in [-0.2, -0.15) is 18.4 Å². The van der Waals surface area contributed by atoms with Crippen molar-refractivity contribution < 1.29 is 37.7 Å². The molecule has 3 heterocycles. The summed E-state index contributed by atoms with van der Waals surface area (Å²) >= 11 is 0. The molecule has 0 unspecified atom stereocenters. The van der Waals surface area contributed by atoms with Gasteiger partial charge in [0.15, 0.2) is 0 Å². The highest BCUT2D eigenvalue weighted by atomic mass is 19.4. The van der Waals surface area contributed by atoms with Gasteiger partial charge < -0.3 is 14.9 Å². The summed E-state index contributed by atoms with van der Waals surface area (Å²) in [6, 6.07) is 4.09. The molecule has 7 nitrogen and oxygen atoms in total. The van der Waals surface area contributed by atoms with Crippen molar-refractivity contribution in [1.82, 2.24) is 0 Å². The molecule has 0 aromatic heterocycles. The summed E-state index contributed by atoms with van der Waals surface area (Å²) in [5.41, 5.74) is -4.79. The summed E-state index contributed by atoms with van der Waals surface area (Å²) in [7, 11) is 0. The number of nitrogens with zero attached hydrogens (tertiary/aromatic N) is 2. The molecule has 1 aromatic rings. The lowest BCUT2D eigenvalue weighted by Crippen LogP contribution is -2.49. The number of nitriles is 1. The van der Waals surface area contributed by atoms with Gasteiger partial charge in [-0.15, -0.1) is 0 Å². The fourth-order valence-electron chi connectivity index (χ4n) is 5.07. The van der Waals surface area contributed by atoms with Crippen molar-refractivity contribution in [3.8, 4) is 6.07 Å². The van der Waals surface area contributed by atoms with E-state index in [-0.39, 0.29) is 25.1 Å². The molecule has 0 aliphatic carbocycles. The van der Waals surface area contributed by atoms with Crippen molar-refractivity contribution >= 4 is 17.5 Å². The van der Waals surface area contributed by atoms with E-state index in [1.54, 1.807) is 0 Å². The van der Waals surface area contributed by atoms with Gasteiger partial charge in [0.05, 0.1) is 46.4 Å². The first-order valence-corrected chi connectivity index (χ1v) is 8.98. The molecule has 29 heavy (non-hydrogen) atoms. The number of alkyl halides is 3. The zero-order valence-electron chi connectivity index (χ0n) is 15.2. The van der Waals surface area contributed by atoms with Gasteiger partial charge >= 0.3 is 6.18 Å². The lowest BCUT2D eigenvalue weighted by atomic mass is 9.66. The number of carbonyl (C=O) groups is 2. The van der Waals surface area contributed by atoms with Gasteiger partial charge in [0.25, 0.3) is 0 Å². The van der Waals surface area contributed by atoms with E-state index >= 15 is 0 Å². The number of aliphatic hydroxyl groups is 2. The topological polar surface area (TPSA) is 111 Å². The standard InChI is InChI=1S/C19H17F3N2O5/c1-17-12(26)7-18(29-17,4-5-25)14-13(17)15(27)24(16(14)28)10-3-2-9(8-23)11(6-10)19(20,21)22/h2-3,6,12-14,25-26H,4-5,7H2,1H3/t12-,13-,14+,17-,18+/m0/s1. The van der Waals surface area contributed by atoms with Crippen molar-refractivity contribution in [2.24, 2.45) is 11.8 Å². The van der Waals surface area contributed by atoms with E-state index in [0.29, 0.717) is 11.0 Å². The summed E-state index contributed by atoms with van der Waals surface area (Å²) in [5.74, 6) is -3.59. The van der Waals surface area contributed by atoms with Crippen LogP contribution < -0.4 is 4.90 Å². The number of hydrogen-bond acceptors (Lipinski definition) is 6. The number of aliphatic hydroxyl groups excluding tert-OH is 2. The van der Waals surface area contributed by atoms with E-state index in [9.17, 15) is 33.0 Å². The highest BCUT2D eigenvalue weighted by molar-refractivity contribution is 6.23. The first-order valence-electron chi connectivity index (χ1n) is 8.98. The van der Waals surface area contributed by atoms with Crippen LogP contribution in [-0.4, -0.2) is 45.9 Å². The Morgan fingerprint density at radius 3 is 2.55 bits per heavy atom. The number of fused-ring (bicyclic) bond motifs is 5. The van der Waals surface area contributed by atoms with Crippen LogP contribution in [0.5, 0.6) is 0 Å². The van der Waals surface area contributed by atoms with Gasteiger partial charge in [-0.1, -0.05) is 0 Å². The van der Waals surface area contributed by atoms with Crippen LogP contribution in [-0.2, 0) is 20.5 Å². The zero-order chi connectivity index (χ0) is 21.4. The van der Waals surface area contributed by atoms with E-state index in [2.05, 4.69) is 0 Å². The smallest absolute Gasteiger partial charge is 0.396 e. The highest BCUT2D eigenvalue weighted by Crippen LogP contribution is 2.62. The number of benzene rings is 1. The van der Waals surface area contributed by atoms with Crippen LogP contribution >= 0.6 is 0 Å². The average Bonchev–Trinajstić information content (AvgIpc) is 3.16. The number of rotatable bonds is 3. The Labute approximate surface area is 163 Å². The predicted molar refractivity (Wildman–Crippen MR) is 90.2 cm³/mol. The third-order valence-corrected chi connectivity index (χ3v) is 6.34. The Morgan fingerprint density at radius 1 is 1.31 bits per heavy atom. The maximum Gasteiger partial charge on any atom is 0.417 e. The largest absolute Gasteiger partial charge is 0.417 e. The van der Waals surface area contributed by atoms with Crippen LogP contribution in [0.3, 0.4) is 0 Å². The Kier molecular flexibility index (Phi) is 4.11. The van der Waals surface area contributed by atoms with Crippen molar-refractivity contribution in [3.63, 3.8) is 0 Å². The van der Waals surface area contributed by atoms with Crippen LogP contribution in [0, 0.1) is 23.2 Å². The highest BCUT2D eigenvalue weighted by Gasteiger charge is 2.76. The molecule has 0 radical (unpaired) electrons. The second-order valence-corrected chi connectivity index (χ2v) is 7.85. The molecule has 5 atom stereocenters. The fraction of sp³-hybridized carbons (Fsp3) is 0.526. The van der Waals surface area contributed by atoms with E-state index in [1.807, 2.05) is 0 Å². The molecule has 3 aliphatic heterocycles. The molecular formula is C19H17F3N2O5. The second kappa shape index (κ2) is 6.01. The Hall–Kier alpha value is -2.48. The van der Waals surface area contributed by atoms with Gasteiger partial charge in [0.1, 0.15) is 5.60 Å². The summed E-state index contributed by atoms with van der Waals surface area (Å²) in [4.78, 5) is 26.9. The Bertz CT molecular complexity index is 958. The Balaban J connectivity index is 1.81. The van der Waals surface area contributed by atoms with Gasteiger partial charge in [-0.3, -0.25) is 9.59 Å². The molecular weight excluding hydrogens is 393 g/mol. The SMILES string of the molecule is C[C@]12O[C@](CCO)(C[C@@H]1O)[C@H]1C(=O)N(c3ccc(C#N)c(C(F)(F)F)c3)C(=O)[C@H]12. The molecule has 0 spiro atoms. The monoisotopic (exact) mass is 410 g/mol. The van der Waals surface area contributed by atoms with Crippen LogP contribution in [0.4, 0.5) is 18.9 Å². The van der Waals surface area contributed by atoms with Crippen molar-refractivity contribution in [1.29, 1.82) is 5.26 Å². The van der Waals surface area contributed by atoms with Crippen molar-refractivity contribution in [2.75, 3.05) is 11.5 Å². The quantitative estimate of drug-likeness (QED) is 0.728. The lowest BCUT2D eigenvalue weighted by molar-refractivity contribution is -0.138. The van der Waals surface area contributed by atoms with Crippen LogP contribution in [0.2, 0.25) is 0 Å². The van der Waals surface area contributed by atoms with Crippen LogP contribution in [0.1, 0.15) is 30.9 Å². The zero-order valence-corrected chi connectivity index (χ0v) is 15.2. The number of carbonyl (C=O) groups excluding carboxylic acids is 2. The average molecular weight is 410 g/mol. The minimum atomic E-state index is -4.84. The van der Waals surface area contributed by atoms with Crippen molar-refractivity contribution in [3.05, 3.63) is 29.3 Å². The maximum atomic E-state index is 13.3. The van der Waals surface area contributed by atoms with Crippen molar-refractivity contribution in [2.45, 2.75) is 43.2 Å². The molecule has 3 fully saturated rings. The molecule has 3 saturated heterocycles. The third-order valence-electron chi connectivity index (χ3n) is 6.34. The minimum absolute atomic E-state index is 0.00878. The number of ether oxygens (including phenoxy) is 1. The molecule has 2 bridgehead atoms. The first-order chi connectivity index (χ1) is 13.5. The van der Waals surface area contributed by atoms with E-state index in [1.165, 1.54) is 13.0 Å². The van der Waals surface area contributed by atoms with Gasteiger partial charge in [-0.25, -0.2) is 4.90 Å². The molecule has 4 rings (SSSR count). The lowest BCUT2D eigenvalue weighted by Gasteiger charge is -2.33. The predicted octanol–water partition coefficient (Wildman–Crippen LogP) is 1.36. The number of amides is 2. The van der Waals surface area contributed by atoms with E-state index in [0.717, 1.165) is 12.1 Å². The molecule has 2 N–H and O–H groups in total. The van der Waals surface area contributed by atoms with Crippen LogP contribution in [0.25, 0.3) is 0 Å². The number of hydrogen-bond donors (Lipinski definition) is 2. The second-order valence-electron chi connectivity index (χ2n) is 7.85. The molecule has 2 amide bonds. The summed E-state index contributed by atoms with van der Waals surface area (Å²) in [6.07, 6.45) is -5.85. The van der Waals surface area contributed by atoms with Gasteiger partial charge in [0, 0.05) is 19.4 Å². The maximum absolute atomic E-state index is 13.3. The Morgan fingerprint density at radius 2 is 1.97 bits per heavy atom. The molecule has 154 valence electrons. The molecule has 3 aliphatic rings. The van der Waals surface area contributed by atoms with E-state index < -0.39 is 58.3 Å².